The third-order valence-electron chi connectivity index (χ3n) is 4.41. The van der Waals surface area contributed by atoms with Gasteiger partial charge in [0, 0.05) is 17.8 Å². The van der Waals surface area contributed by atoms with E-state index in [9.17, 15) is 9.59 Å². The van der Waals surface area contributed by atoms with Gasteiger partial charge >= 0.3 is 0 Å². The van der Waals surface area contributed by atoms with Crippen LogP contribution in [0.1, 0.15) is 5.56 Å². The predicted molar refractivity (Wildman–Crippen MR) is 103 cm³/mol. The molecular formula is C20H21ClN2O4. The van der Waals surface area contributed by atoms with Crippen molar-refractivity contribution in [1.82, 2.24) is 4.90 Å². The lowest BCUT2D eigenvalue weighted by Gasteiger charge is -2.28. The van der Waals surface area contributed by atoms with Crippen LogP contribution < -0.4 is 14.8 Å². The molecule has 0 unspecified atom stereocenters. The van der Waals surface area contributed by atoms with Gasteiger partial charge in [-0.05, 0) is 54.4 Å². The van der Waals surface area contributed by atoms with Crippen LogP contribution >= 0.6 is 11.6 Å². The van der Waals surface area contributed by atoms with Crippen molar-refractivity contribution >= 4 is 29.1 Å². The SMILES string of the molecule is COc1ccc(NC(=O)CN(C)C(=O)[C@H]2COc3ccc(Cl)cc3C2)cc1. The summed E-state index contributed by atoms with van der Waals surface area (Å²) < 4.78 is 10.8. The molecule has 0 fully saturated rings. The summed E-state index contributed by atoms with van der Waals surface area (Å²) in [6.07, 6.45) is 0.541. The third kappa shape index (κ3) is 4.71. The van der Waals surface area contributed by atoms with Crippen molar-refractivity contribution in [1.29, 1.82) is 0 Å². The van der Waals surface area contributed by atoms with E-state index in [0.717, 1.165) is 11.3 Å². The molecule has 1 aliphatic rings. The Hall–Kier alpha value is -2.73. The van der Waals surface area contributed by atoms with Gasteiger partial charge in [0.2, 0.25) is 11.8 Å². The number of carbonyl (C=O) groups is 2. The van der Waals surface area contributed by atoms with Crippen molar-refractivity contribution in [3.63, 3.8) is 0 Å². The van der Waals surface area contributed by atoms with Crippen LogP contribution in [0.25, 0.3) is 0 Å². The number of anilines is 1. The van der Waals surface area contributed by atoms with Crippen LogP contribution in [0.5, 0.6) is 11.5 Å². The van der Waals surface area contributed by atoms with Crippen molar-refractivity contribution in [3.05, 3.63) is 53.1 Å². The molecule has 27 heavy (non-hydrogen) atoms. The lowest BCUT2D eigenvalue weighted by Crippen LogP contribution is -2.42. The van der Waals surface area contributed by atoms with Crippen molar-refractivity contribution < 1.29 is 19.1 Å². The summed E-state index contributed by atoms with van der Waals surface area (Å²) in [5.41, 5.74) is 1.55. The summed E-state index contributed by atoms with van der Waals surface area (Å²) in [4.78, 5) is 26.3. The molecule has 0 radical (unpaired) electrons. The van der Waals surface area contributed by atoms with Crippen molar-refractivity contribution in [3.8, 4) is 11.5 Å². The van der Waals surface area contributed by atoms with Crippen LogP contribution in [0.4, 0.5) is 5.69 Å². The summed E-state index contributed by atoms with van der Waals surface area (Å²) in [5.74, 6) is 0.720. The smallest absolute Gasteiger partial charge is 0.243 e. The molecule has 0 aliphatic carbocycles. The molecule has 0 spiro atoms. The second-order valence-electron chi connectivity index (χ2n) is 6.44. The second-order valence-corrected chi connectivity index (χ2v) is 6.87. The molecule has 142 valence electrons. The minimum atomic E-state index is -0.338. The van der Waals surface area contributed by atoms with E-state index in [1.165, 1.54) is 4.90 Å². The second kappa shape index (κ2) is 8.31. The molecule has 1 atom stereocenters. The van der Waals surface area contributed by atoms with Gasteiger partial charge in [-0.2, -0.15) is 0 Å². The number of rotatable bonds is 5. The number of benzene rings is 2. The highest BCUT2D eigenvalue weighted by atomic mass is 35.5. The van der Waals surface area contributed by atoms with Gasteiger partial charge < -0.3 is 19.7 Å². The molecule has 1 heterocycles. The standard InChI is InChI=1S/C20H21ClN2O4/c1-23(11-19(24)22-16-4-6-17(26-2)7-5-16)20(25)14-9-13-10-15(21)3-8-18(13)27-12-14/h3-8,10,14H,9,11-12H2,1-2H3,(H,22,24)/t14-/m1/s1. The zero-order chi connectivity index (χ0) is 19.4. The Morgan fingerprint density at radius 1 is 1.26 bits per heavy atom. The Balaban J connectivity index is 1.56. The van der Waals surface area contributed by atoms with E-state index in [1.54, 1.807) is 44.5 Å². The van der Waals surface area contributed by atoms with Crippen LogP contribution in [0.2, 0.25) is 5.02 Å². The third-order valence-corrected chi connectivity index (χ3v) is 4.64. The van der Waals surface area contributed by atoms with E-state index in [-0.39, 0.29) is 30.9 Å². The van der Waals surface area contributed by atoms with Gasteiger partial charge in [0.15, 0.2) is 0 Å². The quantitative estimate of drug-likeness (QED) is 0.855. The number of nitrogens with zero attached hydrogens (tertiary/aromatic N) is 1. The molecule has 6 nitrogen and oxygen atoms in total. The maximum Gasteiger partial charge on any atom is 0.243 e. The van der Waals surface area contributed by atoms with E-state index in [1.807, 2.05) is 12.1 Å². The molecule has 0 saturated carbocycles. The average Bonchev–Trinajstić information content (AvgIpc) is 2.67. The fourth-order valence-corrected chi connectivity index (χ4v) is 3.20. The van der Waals surface area contributed by atoms with Crippen molar-refractivity contribution in [2.75, 3.05) is 32.6 Å². The molecule has 3 rings (SSSR count). The number of carbonyl (C=O) groups excluding carboxylic acids is 2. The lowest BCUT2D eigenvalue weighted by atomic mass is 9.95. The molecule has 1 N–H and O–H groups in total. The zero-order valence-electron chi connectivity index (χ0n) is 15.2. The van der Waals surface area contributed by atoms with Gasteiger partial charge in [0.05, 0.1) is 19.6 Å². The van der Waals surface area contributed by atoms with Crippen LogP contribution in [-0.2, 0) is 16.0 Å². The number of ether oxygens (including phenoxy) is 2. The Morgan fingerprint density at radius 2 is 2.00 bits per heavy atom. The minimum absolute atomic E-state index is 0.0379. The fourth-order valence-electron chi connectivity index (χ4n) is 3.00. The summed E-state index contributed by atoms with van der Waals surface area (Å²) >= 11 is 6.02. The number of nitrogens with one attached hydrogen (secondary N) is 1. The van der Waals surface area contributed by atoms with Gasteiger partial charge in [-0.3, -0.25) is 9.59 Å². The summed E-state index contributed by atoms with van der Waals surface area (Å²) in [5, 5.41) is 3.38. The van der Waals surface area contributed by atoms with Crippen LogP contribution in [0, 0.1) is 5.92 Å². The summed E-state index contributed by atoms with van der Waals surface area (Å²) in [7, 11) is 3.19. The summed E-state index contributed by atoms with van der Waals surface area (Å²) in [6.45, 7) is 0.252. The number of amides is 2. The first-order chi connectivity index (χ1) is 13.0. The fraction of sp³-hybridized carbons (Fsp3) is 0.300. The maximum atomic E-state index is 12.7. The van der Waals surface area contributed by atoms with Crippen LogP contribution in [0.3, 0.4) is 0 Å². The number of methoxy groups -OCH3 is 1. The topological polar surface area (TPSA) is 67.9 Å². The van der Waals surface area contributed by atoms with Gasteiger partial charge in [0.1, 0.15) is 18.1 Å². The van der Waals surface area contributed by atoms with E-state index in [2.05, 4.69) is 5.32 Å². The highest BCUT2D eigenvalue weighted by Gasteiger charge is 2.29. The Morgan fingerprint density at radius 3 is 2.70 bits per heavy atom. The maximum absolute atomic E-state index is 12.7. The number of hydrogen-bond acceptors (Lipinski definition) is 4. The first-order valence-corrected chi connectivity index (χ1v) is 8.94. The summed E-state index contributed by atoms with van der Waals surface area (Å²) in [6, 6.07) is 12.4. The number of halogens is 1. The average molecular weight is 389 g/mol. The largest absolute Gasteiger partial charge is 0.497 e. The lowest BCUT2D eigenvalue weighted by molar-refractivity contribution is -0.138. The molecule has 0 bridgehead atoms. The van der Waals surface area contributed by atoms with Crippen LogP contribution in [0.15, 0.2) is 42.5 Å². The molecule has 0 aromatic heterocycles. The highest BCUT2D eigenvalue weighted by Crippen LogP contribution is 2.30. The normalized spacial score (nSPS) is 15.3. The van der Waals surface area contributed by atoms with E-state index in [4.69, 9.17) is 21.1 Å². The van der Waals surface area contributed by atoms with Gasteiger partial charge in [0.25, 0.3) is 0 Å². The molecule has 0 saturated heterocycles. The highest BCUT2D eigenvalue weighted by molar-refractivity contribution is 6.30. The Bertz CT molecular complexity index is 838. The number of likely N-dealkylation sites (N-methyl/N-ethyl adjacent to an activating group) is 1. The molecule has 7 heteroatoms. The minimum Gasteiger partial charge on any atom is -0.497 e. The van der Waals surface area contributed by atoms with Crippen molar-refractivity contribution in [2.45, 2.75) is 6.42 Å². The van der Waals surface area contributed by atoms with Crippen molar-refractivity contribution in [2.24, 2.45) is 5.92 Å². The van der Waals surface area contributed by atoms with Crippen LogP contribution in [-0.4, -0.2) is 44.0 Å². The van der Waals surface area contributed by atoms with E-state index >= 15 is 0 Å². The molecule has 1 aliphatic heterocycles. The zero-order valence-corrected chi connectivity index (χ0v) is 16.0. The molecular weight excluding hydrogens is 368 g/mol. The Kier molecular flexibility index (Phi) is 5.86. The van der Waals surface area contributed by atoms with E-state index < -0.39 is 0 Å². The first kappa shape index (κ1) is 19.0. The van der Waals surface area contributed by atoms with E-state index in [0.29, 0.717) is 22.9 Å². The monoisotopic (exact) mass is 388 g/mol. The van der Waals surface area contributed by atoms with Gasteiger partial charge in [-0.15, -0.1) is 0 Å². The molecule has 2 amide bonds. The van der Waals surface area contributed by atoms with Gasteiger partial charge in [-0.1, -0.05) is 11.6 Å². The first-order valence-electron chi connectivity index (χ1n) is 8.56. The molecule has 2 aromatic carbocycles. The predicted octanol–water partition coefficient (Wildman–Crippen LogP) is 3.00. The molecule has 2 aromatic rings. The number of hydrogen-bond donors (Lipinski definition) is 1. The Labute approximate surface area is 163 Å². The number of fused-ring (bicyclic) bond motifs is 1. The van der Waals surface area contributed by atoms with Gasteiger partial charge in [-0.25, -0.2) is 0 Å².